The van der Waals surface area contributed by atoms with Crippen LogP contribution < -0.4 is 0 Å². The number of halogens is 2. The van der Waals surface area contributed by atoms with E-state index >= 15 is 0 Å². The maximum Gasteiger partial charge on any atom is 0.240 e. The van der Waals surface area contributed by atoms with E-state index in [-0.39, 0.29) is 0 Å². The van der Waals surface area contributed by atoms with E-state index in [0.717, 1.165) is 0 Å². The van der Waals surface area contributed by atoms with Crippen molar-refractivity contribution in [2.24, 2.45) is 9.98 Å². The van der Waals surface area contributed by atoms with E-state index in [9.17, 15) is 9.59 Å². The van der Waals surface area contributed by atoms with E-state index < -0.39 is 0 Å². The standard InChI is InChI=1S/C14H6Cl2N2O2/c15-13-5-9(17-7-19)1-3-11(13)12-4-2-10(18-8-20)6-14(12)16/h1-6H. The van der Waals surface area contributed by atoms with Crippen LogP contribution in [0.15, 0.2) is 46.4 Å². The van der Waals surface area contributed by atoms with Gasteiger partial charge in [-0.1, -0.05) is 35.3 Å². The van der Waals surface area contributed by atoms with Gasteiger partial charge in [-0.2, -0.15) is 9.98 Å². The molecule has 0 atom stereocenters. The third-order valence-electron chi connectivity index (χ3n) is 2.54. The van der Waals surface area contributed by atoms with Crippen molar-refractivity contribution in [3.63, 3.8) is 0 Å². The summed E-state index contributed by atoms with van der Waals surface area (Å²) in [5, 5.41) is 0.796. The predicted molar refractivity (Wildman–Crippen MR) is 77.5 cm³/mol. The second-order valence-electron chi connectivity index (χ2n) is 3.73. The number of hydrogen-bond donors (Lipinski definition) is 0. The summed E-state index contributed by atoms with van der Waals surface area (Å²) in [7, 11) is 0. The Kier molecular flexibility index (Phi) is 4.46. The molecule has 0 amide bonds. The summed E-state index contributed by atoms with van der Waals surface area (Å²) in [4.78, 5) is 27.4. The molecule has 0 saturated carbocycles. The lowest BCUT2D eigenvalue weighted by molar-refractivity contribution is 0.564. The third-order valence-corrected chi connectivity index (χ3v) is 3.17. The van der Waals surface area contributed by atoms with Gasteiger partial charge in [0, 0.05) is 11.1 Å². The Morgan fingerprint density at radius 1 is 0.750 bits per heavy atom. The molecule has 2 rings (SSSR count). The molecule has 6 heteroatoms. The minimum Gasteiger partial charge on any atom is -0.211 e. The van der Waals surface area contributed by atoms with Crippen LogP contribution in [0.4, 0.5) is 11.4 Å². The Balaban J connectivity index is 2.51. The second-order valence-corrected chi connectivity index (χ2v) is 4.55. The van der Waals surface area contributed by atoms with E-state index in [2.05, 4.69) is 9.98 Å². The van der Waals surface area contributed by atoms with Gasteiger partial charge in [0.15, 0.2) is 0 Å². The molecule has 20 heavy (non-hydrogen) atoms. The molecule has 0 heterocycles. The Hall–Kier alpha value is -2.22. The van der Waals surface area contributed by atoms with Crippen molar-refractivity contribution < 1.29 is 9.59 Å². The molecule has 0 fully saturated rings. The number of nitrogens with zero attached hydrogens (tertiary/aromatic N) is 2. The van der Waals surface area contributed by atoms with Crippen molar-refractivity contribution >= 4 is 46.7 Å². The van der Waals surface area contributed by atoms with E-state index in [1.54, 1.807) is 24.3 Å². The molecule has 4 nitrogen and oxygen atoms in total. The monoisotopic (exact) mass is 304 g/mol. The molecule has 0 spiro atoms. The zero-order valence-corrected chi connectivity index (χ0v) is 11.4. The van der Waals surface area contributed by atoms with Gasteiger partial charge in [0.2, 0.25) is 12.2 Å². The van der Waals surface area contributed by atoms with Crippen LogP contribution in [0, 0.1) is 0 Å². The Bertz CT molecular complexity index is 696. The summed E-state index contributed by atoms with van der Waals surface area (Å²) >= 11 is 12.3. The van der Waals surface area contributed by atoms with Gasteiger partial charge in [0.25, 0.3) is 0 Å². The Morgan fingerprint density at radius 3 is 1.45 bits per heavy atom. The number of benzene rings is 2. The van der Waals surface area contributed by atoms with Gasteiger partial charge in [-0.15, -0.1) is 0 Å². The minimum atomic E-state index is 0.398. The van der Waals surface area contributed by atoms with Crippen LogP contribution in [-0.4, -0.2) is 12.2 Å². The molecule has 0 aromatic heterocycles. The summed E-state index contributed by atoms with van der Waals surface area (Å²) in [6.07, 6.45) is 2.89. The highest BCUT2D eigenvalue weighted by Gasteiger charge is 2.09. The summed E-state index contributed by atoms with van der Waals surface area (Å²) in [6, 6.07) is 9.72. The lowest BCUT2D eigenvalue weighted by atomic mass is 10.0. The van der Waals surface area contributed by atoms with Crippen LogP contribution >= 0.6 is 23.2 Å². The fourth-order valence-corrected chi connectivity index (χ4v) is 2.24. The fourth-order valence-electron chi connectivity index (χ4n) is 1.69. The first kappa shape index (κ1) is 14.2. The van der Waals surface area contributed by atoms with Crippen molar-refractivity contribution in [1.82, 2.24) is 0 Å². The van der Waals surface area contributed by atoms with Crippen LogP contribution in [0.25, 0.3) is 11.1 Å². The van der Waals surface area contributed by atoms with Gasteiger partial charge >= 0.3 is 0 Å². The van der Waals surface area contributed by atoms with Gasteiger partial charge in [-0.3, -0.25) is 0 Å². The first-order valence-corrected chi connectivity index (χ1v) is 6.16. The van der Waals surface area contributed by atoms with Gasteiger partial charge in [0.05, 0.1) is 21.4 Å². The lowest BCUT2D eigenvalue weighted by Crippen LogP contribution is -1.81. The molecule has 2 aromatic rings. The van der Waals surface area contributed by atoms with Gasteiger partial charge in [0.1, 0.15) is 0 Å². The average Bonchev–Trinajstić information content (AvgIpc) is 2.41. The van der Waals surface area contributed by atoms with E-state index in [1.807, 2.05) is 0 Å². The maximum absolute atomic E-state index is 10.2. The normalized spacial score (nSPS) is 9.50. The smallest absolute Gasteiger partial charge is 0.211 e. The topological polar surface area (TPSA) is 58.9 Å². The molecule has 0 saturated heterocycles. The lowest BCUT2D eigenvalue weighted by Gasteiger charge is -2.07. The molecule has 2 aromatic carbocycles. The zero-order valence-electron chi connectivity index (χ0n) is 9.93. The zero-order chi connectivity index (χ0) is 14.5. The van der Waals surface area contributed by atoms with Crippen LogP contribution in [0.3, 0.4) is 0 Å². The highest BCUT2D eigenvalue weighted by atomic mass is 35.5. The van der Waals surface area contributed by atoms with Gasteiger partial charge in [-0.05, 0) is 24.3 Å². The molecule has 0 aliphatic carbocycles. The highest BCUT2D eigenvalue weighted by Crippen LogP contribution is 2.36. The average molecular weight is 305 g/mol. The summed E-state index contributed by atoms with van der Waals surface area (Å²) < 4.78 is 0. The Labute approximate surface area is 124 Å². The molecular weight excluding hydrogens is 299 g/mol. The van der Waals surface area contributed by atoms with Gasteiger partial charge in [-0.25, -0.2) is 9.59 Å². The molecule has 0 N–H and O–H groups in total. The number of hydrogen-bond acceptors (Lipinski definition) is 4. The number of isocyanates is 2. The van der Waals surface area contributed by atoms with Crippen LogP contribution in [-0.2, 0) is 9.59 Å². The summed E-state index contributed by atoms with van der Waals surface area (Å²) in [5.74, 6) is 0. The molecule has 0 radical (unpaired) electrons. The summed E-state index contributed by atoms with van der Waals surface area (Å²) in [5.41, 5.74) is 2.19. The van der Waals surface area contributed by atoms with Crippen LogP contribution in [0.2, 0.25) is 10.0 Å². The van der Waals surface area contributed by atoms with Crippen molar-refractivity contribution in [1.29, 1.82) is 0 Å². The first-order valence-electron chi connectivity index (χ1n) is 5.41. The third kappa shape index (κ3) is 3.02. The molecule has 0 aliphatic rings. The van der Waals surface area contributed by atoms with Crippen LogP contribution in [0.5, 0.6) is 0 Å². The first-order chi connectivity index (χ1) is 9.65. The molecular formula is C14H6Cl2N2O2. The minimum absolute atomic E-state index is 0.398. The van der Waals surface area contributed by atoms with Crippen molar-refractivity contribution in [2.45, 2.75) is 0 Å². The molecule has 0 bridgehead atoms. The SMILES string of the molecule is O=C=Nc1ccc(-c2ccc(N=C=O)cc2Cl)c(Cl)c1. The highest BCUT2D eigenvalue weighted by molar-refractivity contribution is 6.36. The quantitative estimate of drug-likeness (QED) is 0.615. The molecule has 0 aliphatic heterocycles. The molecule has 98 valence electrons. The van der Waals surface area contributed by atoms with E-state index in [0.29, 0.717) is 32.5 Å². The van der Waals surface area contributed by atoms with Crippen molar-refractivity contribution in [2.75, 3.05) is 0 Å². The number of rotatable bonds is 3. The molecule has 0 unspecified atom stereocenters. The van der Waals surface area contributed by atoms with Crippen LogP contribution in [0.1, 0.15) is 0 Å². The Morgan fingerprint density at radius 2 is 1.15 bits per heavy atom. The maximum atomic E-state index is 10.2. The van der Waals surface area contributed by atoms with Crippen molar-refractivity contribution in [3.05, 3.63) is 46.4 Å². The van der Waals surface area contributed by atoms with Gasteiger partial charge < -0.3 is 0 Å². The summed E-state index contributed by atoms with van der Waals surface area (Å²) in [6.45, 7) is 0. The second kappa shape index (κ2) is 6.29. The number of carbonyl (C=O) groups excluding carboxylic acids is 2. The van der Waals surface area contributed by atoms with E-state index in [4.69, 9.17) is 23.2 Å². The largest absolute Gasteiger partial charge is 0.240 e. The predicted octanol–water partition coefficient (Wildman–Crippen LogP) is 4.60. The van der Waals surface area contributed by atoms with Crippen molar-refractivity contribution in [3.8, 4) is 11.1 Å². The fraction of sp³-hybridized carbons (Fsp3) is 0. The van der Waals surface area contributed by atoms with E-state index in [1.165, 1.54) is 24.3 Å². The number of aliphatic imine (C=N–C) groups is 2.